The number of rotatable bonds is 5. The summed E-state index contributed by atoms with van der Waals surface area (Å²) in [5.41, 5.74) is -0.523. The van der Waals surface area contributed by atoms with Crippen LogP contribution in [0.3, 0.4) is 0 Å². The van der Waals surface area contributed by atoms with E-state index in [1.165, 1.54) is 6.07 Å². The Balaban J connectivity index is 2.15. The maximum atomic E-state index is 12.7. The van der Waals surface area contributed by atoms with Crippen LogP contribution >= 0.6 is 22.6 Å². The van der Waals surface area contributed by atoms with Gasteiger partial charge in [0, 0.05) is 15.6 Å². The molecule has 0 aliphatic heterocycles. The minimum atomic E-state index is -4.58. The number of halogens is 4. The van der Waals surface area contributed by atoms with E-state index in [4.69, 9.17) is 0 Å². The number of hydrogen-bond donors (Lipinski definition) is 2. The number of hydrogen-bond acceptors (Lipinski definition) is 2. The largest absolute Gasteiger partial charge is 0.480 e. The first-order chi connectivity index (χ1) is 11.7. The van der Waals surface area contributed by atoms with Gasteiger partial charge in [0.2, 0.25) is 0 Å². The molecule has 2 aromatic carbocycles. The molecule has 0 fully saturated rings. The molecule has 0 unspecified atom stereocenters. The van der Waals surface area contributed by atoms with Crippen molar-refractivity contribution in [1.29, 1.82) is 0 Å². The number of alkyl halides is 3. The Morgan fingerprint density at radius 3 is 2.32 bits per heavy atom. The molecule has 0 aromatic heterocycles. The minimum absolute atomic E-state index is 0.0248. The molecule has 0 saturated heterocycles. The fourth-order valence-corrected chi connectivity index (χ4v) is 2.49. The molecule has 2 N–H and O–H groups in total. The van der Waals surface area contributed by atoms with E-state index >= 15 is 0 Å². The highest BCUT2D eigenvalue weighted by Crippen LogP contribution is 2.29. The van der Waals surface area contributed by atoms with Gasteiger partial charge in [0.1, 0.15) is 6.04 Å². The van der Waals surface area contributed by atoms with Crippen LogP contribution in [0.1, 0.15) is 21.5 Å². The van der Waals surface area contributed by atoms with E-state index < -0.39 is 29.7 Å². The van der Waals surface area contributed by atoms with Gasteiger partial charge in [0.25, 0.3) is 5.91 Å². The number of amides is 1. The van der Waals surface area contributed by atoms with Gasteiger partial charge < -0.3 is 10.4 Å². The summed E-state index contributed by atoms with van der Waals surface area (Å²) in [5.74, 6) is -2.14. The van der Waals surface area contributed by atoms with Gasteiger partial charge in [-0.25, -0.2) is 4.79 Å². The van der Waals surface area contributed by atoms with E-state index in [-0.39, 0.29) is 12.0 Å². The molecule has 0 heterocycles. The lowest BCUT2D eigenvalue weighted by molar-refractivity contribution is -0.139. The maximum absolute atomic E-state index is 12.7. The molecule has 132 valence electrons. The average molecular weight is 463 g/mol. The fourth-order valence-electron chi connectivity index (χ4n) is 2.13. The summed E-state index contributed by atoms with van der Waals surface area (Å²) < 4.78 is 39.1. The molecule has 8 heteroatoms. The topological polar surface area (TPSA) is 66.4 Å². The summed E-state index contributed by atoms with van der Waals surface area (Å²) in [7, 11) is 0. The molecule has 0 spiro atoms. The number of carboxylic acid groups (broad SMARTS) is 1. The predicted octanol–water partition coefficient (Wildman–Crippen LogP) is 3.74. The molecule has 0 radical (unpaired) electrons. The van der Waals surface area contributed by atoms with E-state index in [9.17, 15) is 27.9 Å². The SMILES string of the molecule is O=C(N[C@H](Cc1ccc(I)cc1)C(=O)O)c1cccc(C(F)(F)F)c1. The van der Waals surface area contributed by atoms with E-state index in [0.717, 1.165) is 15.7 Å². The molecule has 2 aromatic rings. The quantitative estimate of drug-likeness (QED) is 0.665. The first kappa shape index (κ1) is 19.2. The van der Waals surface area contributed by atoms with Gasteiger partial charge in [-0.1, -0.05) is 18.2 Å². The molecular weight excluding hydrogens is 450 g/mol. The first-order valence-electron chi connectivity index (χ1n) is 7.12. The van der Waals surface area contributed by atoms with Crippen molar-refractivity contribution in [2.24, 2.45) is 0 Å². The van der Waals surface area contributed by atoms with Gasteiger partial charge in [0.15, 0.2) is 0 Å². The first-order valence-corrected chi connectivity index (χ1v) is 8.20. The molecule has 0 bridgehead atoms. The van der Waals surface area contributed by atoms with Gasteiger partial charge in [-0.3, -0.25) is 4.79 Å². The monoisotopic (exact) mass is 463 g/mol. The van der Waals surface area contributed by atoms with Crippen LogP contribution in [0.5, 0.6) is 0 Å². The van der Waals surface area contributed by atoms with E-state index in [1.807, 2.05) is 0 Å². The normalized spacial score (nSPS) is 12.5. The second-order valence-electron chi connectivity index (χ2n) is 5.27. The predicted molar refractivity (Wildman–Crippen MR) is 93.2 cm³/mol. The maximum Gasteiger partial charge on any atom is 0.416 e. The van der Waals surface area contributed by atoms with Crippen molar-refractivity contribution in [2.75, 3.05) is 0 Å². The van der Waals surface area contributed by atoms with E-state index in [0.29, 0.717) is 11.6 Å². The van der Waals surface area contributed by atoms with Crippen molar-refractivity contribution in [2.45, 2.75) is 18.6 Å². The Hall–Kier alpha value is -2.10. The number of aliphatic carboxylic acids is 1. The summed E-state index contributed by atoms with van der Waals surface area (Å²) in [6, 6.07) is 9.65. The zero-order chi connectivity index (χ0) is 18.6. The number of carbonyl (C=O) groups is 2. The Morgan fingerprint density at radius 1 is 1.12 bits per heavy atom. The number of carboxylic acids is 1. The summed E-state index contributed by atoms with van der Waals surface area (Å²) in [5, 5.41) is 11.5. The molecule has 0 aliphatic rings. The fraction of sp³-hybridized carbons (Fsp3) is 0.176. The van der Waals surface area contributed by atoms with Crippen LogP contribution in [0.25, 0.3) is 0 Å². The second-order valence-corrected chi connectivity index (χ2v) is 6.52. The Labute approximate surface area is 155 Å². The van der Waals surface area contributed by atoms with Crippen LogP contribution in [0, 0.1) is 3.57 Å². The Bertz CT molecular complexity index is 775. The van der Waals surface area contributed by atoms with Crippen molar-refractivity contribution >= 4 is 34.5 Å². The van der Waals surface area contributed by atoms with Crippen molar-refractivity contribution in [1.82, 2.24) is 5.32 Å². The Kier molecular flexibility index (Phi) is 6.04. The number of benzene rings is 2. The summed E-state index contributed by atoms with van der Waals surface area (Å²) >= 11 is 2.10. The van der Waals surface area contributed by atoms with Gasteiger partial charge in [-0.15, -0.1) is 0 Å². The highest BCUT2D eigenvalue weighted by molar-refractivity contribution is 14.1. The van der Waals surface area contributed by atoms with Crippen LogP contribution in [-0.4, -0.2) is 23.0 Å². The summed E-state index contributed by atoms with van der Waals surface area (Å²) in [6.07, 6.45) is -4.55. The Morgan fingerprint density at radius 2 is 1.76 bits per heavy atom. The van der Waals surface area contributed by atoms with Crippen molar-refractivity contribution in [3.63, 3.8) is 0 Å². The van der Waals surface area contributed by atoms with Crippen LogP contribution in [0.2, 0.25) is 0 Å². The third-order valence-corrected chi connectivity index (χ3v) is 4.13. The van der Waals surface area contributed by atoms with Crippen molar-refractivity contribution in [3.8, 4) is 0 Å². The van der Waals surface area contributed by atoms with Crippen LogP contribution in [0.4, 0.5) is 13.2 Å². The third-order valence-electron chi connectivity index (χ3n) is 3.41. The van der Waals surface area contributed by atoms with E-state index in [2.05, 4.69) is 27.9 Å². The molecule has 4 nitrogen and oxygen atoms in total. The highest BCUT2D eigenvalue weighted by Gasteiger charge is 2.31. The molecule has 1 atom stereocenters. The van der Waals surface area contributed by atoms with Crippen LogP contribution in [-0.2, 0) is 17.4 Å². The standard InChI is InChI=1S/C17H13F3INO3/c18-17(19,20)12-3-1-2-11(9-12)15(23)22-14(16(24)25)8-10-4-6-13(21)7-5-10/h1-7,9,14H,8H2,(H,22,23)(H,24,25)/t14-/m1/s1. The van der Waals surface area contributed by atoms with Gasteiger partial charge in [-0.2, -0.15) is 13.2 Å². The molecule has 1 amide bonds. The lowest BCUT2D eigenvalue weighted by Gasteiger charge is -2.15. The average Bonchev–Trinajstić information content (AvgIpc) is 2.55. The summed E-state index contributed by atoms with van der Waals surface area (Å²) in [4.78, 5) is 23.5. The smallest absolute Gasteiger partial charge is 0.416 e. The zero-order valence-corrected chi connectivity index (χ0v) is 14.8. The van der Waals surface area contributed by atoms with Gasteiger partial charge >= 0.3 is 12.1 Å². The van der Waals surface area contributed by atoms with Gasteiger partial charge in [0.05, 0.1) is 5.56 Å². The summed E-state index contributed by atoms with van der Waals surface area (Å²) in [6.45, 7) is 0. The third kappa shape index (κ3) is 5.45. The molecule has 0 saturated carbocycles. The molecule has 2 rings (SSSR count). The van der Waals surface area contributed by atoms with Gasteiger partial charge in [-0.05, 0) is 58.5 Å². The van der Waals surface area contributed by atoms with Crippen molar-refractivity contribution in [3.05, 3.63) is 68.8 Å². The molecular formula is C17H13F3INO3. The van der Waals surface area contributed by atoms with Crippen molar-refractivity contribution < 1.29 is 27.9 Å². The molecule has 25 heavy (non-hydrogen) atoms. The second kappa shape index (κ2) is 7.85. The minimum Gasteiger partial charge on any atom is -0.480 e. The highest BCUT2D eigenvalue weighted by atomic mass is 127. The van der Waals surface area contributed by atoms with Crippen LogP contribution in [0.15, 0.2) is 48.5 Å². The van der Waals surface area contributed by atoms with Crippen LogP contribution < -0.4 is 5.32 Å². The number of carbonyl (C=O) groups excluding carboxylic acids is 1. The zero-order valence-electron chi connectivity index (χ0n) is 12.7. The lowest BCUT2D eigenvalue weighted by Crippen LogP contribution is -2.42. The number of nitrogens with one attached hydrogen (secondary N) is 1. The lowest BCUT2D eigenvalue weighted by atomic mass is 10.0. The molecule has 0 aliphatic carbocycles. The van der Waals surface area contributed by atoms with E-state index in [1.54, 1.807) is 24.3 Å².